The first-order valence-corrected chi connectivity index (χ1v) is 17.0. The molecule has 2 aliphatic carbocycles. The SMILES string of the molecule is NCCCN1CCN(C(=O)N2C[C@@H]3C(NC(=O)c4ccc(NC(=O)c5ncc(Cc6cn([C@H]7CC7(F)F)nc6C(F)(F)F)[nH]5)cc4Cl)[C@@H]3C2)CC1. The molecule has 4 amide bonds. The number of halogens is 6. The van der Waals surface area contributed by atoms with Gasteiger partial charge in [-0.2, -0.15) is 18.3 Å². The normalized spacial score (nSPS) is 24.0. The maximum Gasteiger partial charge on any atom is 0.435 e. The Morgan fingerprint density at radius 2 is 1.76 bits per heavy atom. The Morgan fingerprint density at radius 1 is 1.06 bits per heavy atom. The molecule has 4 atom stereocenters. The number of alkyl halides is 5. The second kappa shape index (κ2) is 13.4. The van der Waals surface area contributed by atoms with Gasteiger partial charge in [0, 0.05) is 99.3 Å². The highest BCUT2D eigenvalue weighted by atomic mass is 35.5. The number of nitrogens with zero attached hydrogens (tertiary/aromatic N) is 6. The molecule has 0 bridgehead atoms. The van der Waals surface area contributed by atoms with E-state index < -0.39 is 36.2 Å². The summed E-state index contributed by atoms with van der Waals surface area (Å²) in [5, 5.41) is 9.03. The topological polar surface area (TPSA) is 158 Å². The van der Waals surface area contributed by atoms with Crippen LogP contribution in [0.2, 0.25) is 5.02 Å². The van der Waals surface area contributed by atoms with Gasteiger partial charge in [0.15, 0.2) is 11.5 Å². The fourth-order valence-corrected chi connectivity index (χ4v) is 7.25. The minimum Gasteiger partial charge on any atom is -0.349 e. The lowest BCUT2D eigenvalue weighted by atomic mass is 10.1. The number of fused-ring (bicyclic) bond motifs is 1. The molecule has 2 saturated carbocycles. The third-order valence-corrected chi connectivity index (χ3v) is 10.3. The van der Waals surface area contributed by atoms with Crippen molar-refractivity contribution in [3.8, 4) is 0 Å². The molecule has 2 aromatic heterocycles. The van der Waals surface area contributed by atoms with Crippen molar-refractivity contribution in [2.45, 2.75) is 43.4 Å². The Morgan fingerprint density at radius 3 is 2.39 bits per heavy atom. The quantitative estimate of drug-likeness (QED) is 0.232. The second-order valence-electron chi connectivity index (χ2n) is 13.5. The van der Waals surface area contributed by atoms with Gasteiger partial charge < -0.3 is 31.2 Å². The summed E-state index contributed by atoms with van der Waals surface area (Å²) in [5.74, 6) is -4.10. The van der Waals surface area contributed by atoms with Gasteiger partial charge in [0.05, 0.1) is 10.6 Å². The average Bonchev–Trinajstić information content (AvgIpc) is 3.56. The number of imidazole rings is 1. The lowest BCUT2D eigenvalue weighted by Gasteiger charge is -2.37. The van der Waals surface area contributed by atoms with Gasteiger partial charge in [0.2, 0.25) is 0 Å². The Balaban J connectivity index is 0.895. The highest BCUT2D eigenvalue weighted by Gasteiger charge is 2.60. The van der Waals surface area contributed by atoms with E-state index in [0.29, 0.717) is 37.4 Å². The molecule has 1 unspecified atom stereocenters. The molecule has 0 spiro atoms. The number of nitrogens with two attached hydrogens (primary N) is 1. The van der Waals surface area contributed by atoms with Crippen LogP contribution in [0.4, 0.5) is 32.4 Å². The van der Waals surface area contributed by atoms with Gasteiger partial charge in [0.25, 0.3) is 17.7 Å². The van der Waals surface area contributed by atoms with Crippen molar-refractivity contribution in [2.24, 2.45) is 17.6 Å². The van der Waals surface area contributed by atoms with E-state index in [9.17, 15) is 36.3 Å². The van der Waals surface area contributed by atoms with Crippen molar-refractivity contribution in [3.63, 3.8) is 0 Å². The summed E-state index contributed by atoms with van der Waals surface area (Å²) >= 11 is 6.41. The largest absolute Gasteiger partial charge is 0.435 e. The fraction of sp³-hybridized carbons (Fsp3) is 0.531. The maximum absolute atomic E-state index is 13.6. The third-order valence-electron chi connectivity index (χ3n) is 9.97. The highest BCUT2D eigenvalue weighted by Crippen LogP contribution is 2.52. The number of rotatable bonds is 10. The van der Waals surface area contributed by atoms with E-state index in [1.807, 2.05) is 9.80 Å². The zero-order valence-electron chi connectivity index (χ0n) is 27.2. The van der Waals surface area contributed by atoms with Gasteiger partial charge in [-0.05, 0) is 37.7 Å². The van der Waals surface area contributed by atoms with Crippen molar-refractivity contribution in [3.05, 3.63) is 64.0 Å². The van der Waals surface area contributed by atoms with Crippen molar-refractivity contribution in [1.82, 2.24) is 39.8 Å². The van der Waals surface area contributed by atoms with Crippen LogP contribution < -0.4 is 16.4 Å². The number of carbonyl (C=O) groups is 3. The van der Waals surface area contributed by atoms with Crippen LogP contribution in [0.15, 0.2) is 30.6 Å². The van der Waals surface area contributed by atoms with Crippen LogP contribution in [0.3, 0.4) is 0 Å². The zero-order valence-corrected chi connectivity index (χ0v) is 28.0. The molecule has 2 aliphatic heterocycles. The molecule has 4 heterocycles. The van der Waals surface area contributed by atoms with Crippen LogP contribution in [-0.2, 0) is 12.6 Å². The molecule has 2 saturated heterocycles. The number of piperidine rings is 1. The molecule has 5 N–H and O–H groups in total. The molecule has 4 aliphatic rings. The van der Waals surface area contributed by atoms with Crippen LogP contribution in [0.25, 0.3) is 0 Å². The number of hydrogen-bond donors (Lipinski definition) is 4. The van der Waals surface area contributed by atoms with Crippen molar-refractivity contribution >= 4 is 35.1 Å². The van der Waals surface area contributed by atoms with Crippen LogP contribution in [-0.4, -0.2) is 117 Å². The zero-order chi connectivity index (χ0) is 36.2. The number of urea groups is 1. The van der Waals surface area contributed by atoms with E-state index in [2.05, 4.69) is 30.6 Å². The summed E-state index contributed by atoms with van der Waals surface area (Å²) in [6, 6.07) is 2.85. The van der Waals surface area contributed by atoms with Crippen molar-refractivity contribution < 1.29 is 36.3 Å². The fourth-order valence-electron chi connectivity index (χ4n) is 6.98. The number of hydrogen-bond acceptors (Lipinski definition) is 7. The summed E-state index contributed by atoms with van der Waals surface area (Å²) in [6.45, 7) is 5.75. The Labute approximate surface area is 293 Å². The smallest absolute Gasteiger partial charge is 0.349 e. The van der Waals surface area contributed by atoms with E-state index in [1.165, 1.54) is 24.4 Å². The third kappa shape index (κ3) is 7.39. The Kier molecular flexibility index (Phi) is 9.20. The lowest BCUT2D eigenvalue weighted by molar-refractivity contribution is -0.142. The molecular weight excluding hydrogens is 703 g/mol. The van der Waals surface area contributed by atoms with Crippen LogP contribution in [0.5, 0.6) is 0 Å². The van der Waals surface area contributed by atoms with Crippen LogP contribution >= 0.6 is 11.6 Å². The van der Waals surface area contributed by atoms with Gasteiger partial charge in [-0.15, -0.1) is 0 Å². The lowest BCUT2D eigenvalue weighted by Crippen LogP contribution is -2.53. The molecule has 274 valence electrons. The predicted molar refractivity (Wildman–Crippen MR) is 174 cm³/mol. The first kappa shape index (κ1) is 35.1. The van der Waals surface area contributed by atoms with Crippen molar-refractivity contribution in [1.29, 1.82) is 0 Å². The number of aromatic amines is 1. The average molecular weight is 739 g/mol. The minimum absolute atomic E-state index is 0.0309. The van der Waals surface area contributed by atoms with Crippen LogP contribution in [0, 0.1) is 11.8 Å². The molecular formula is C32H36ClF5N10O3. The first-order valence-electron chi connectivity index (χ1n) is 16.7. The van der Waals surface area contributed by atoms with Crippen LogP contribution in [0.1, 0.15) is 56.8 Å². The number of H-pyrrole nitrogens is 1. The number of piperazine rings is 1. The predicted octanol–water partition coefficient (Wildman–Crippen LogP) is 3.45. The highest BCUT2D eigenvalue weighted by molar-refractivity contribution is 6.34. The maximum atomic E-state index is 13.6. The minimum atomic E-state index is -4.87. The molecule has 1 aromatic carbocycles. The van der Waals surface area contributed by atoms with Gasteiger partial charge in [-0.1, -0.05) is 11.6 Å². The summed E-state index contributed by atoms with van der Waals surface area (Å²) in [7, 11) is 0. The standard InChI is InChI=1S/C32H36ClF5N10O3/c33-23-11-18(42-29(50)27-40-13-19(41-27)10-17-14-48(24-12-31(24,34)35)44-26(17)32(36,37)38)2-3-20(23)28(49)43-25-21-15-47(16-22(21)25)30(51)46-8-6-45(7-9-46)5-1-4-39/h2-3,11,13-14,21-22,24-25H,1,4-10,12,15-16,39H2,(H,40,41)(H,42,50)(H,43,49)/t21-,22+,24-,25?/m0/s1. The molecule has 7 rings (SSSR count). The van der Waals surface area contributed by atoms with E-state index in [4.69, 9.17) is 17.3 Å². The molecule has 13 nitrogen and oxygen atoms in total. The number of anilines is 1. The monoisotopic (exact) mass is 738 g/mol. The molecule has 0 radical (unpaired) electrons. The summed E-state index contributed by atoms with van der Waals surface area (Å²) in [6.07, 6.45) is -2.79. The number of aromatic nitrogens is 4. The van der Waals surface area contributed by atoms with E-state index in [1.54, 1.807) is 0 Å². The Bertz CT molecular complexity index is 1810. The summed E-state index contributed by atoms with van der Waals surface area (Å²) < 4.78 is 68.3. The summed E-state index contributed by atoms with van der Waals surface area (Å²) in [4.78, 5) is 51.6. The van der Waals surface area contributed by atoms with Gasteiger partial charge in [-0.25, -0.2) is 18.6 Å². The molecule has 4 fully saturated rings. The Hall–Kier alpha value is -4.29. The second-order valence-corrected chi connectivity index (χ2v) is 13.9. The van der Waals surface area contributed by atoms with E-state index in [0.717, 1.165) is 32.3 Å². The number of carbonyl (C=O) groups excluding carboxylic acids is 3. The van der Waals surface area contributed by atoms with E-state index >= 15 is 0 Å². The van der Waals surface area contributed by atoms with Gasteiger partial charge in [0.1, 0.15) is 6.04 Å². The summed E-state index contributed by atoms with van der Waals surface area (Å²) in [5.41, 5.74) is 4.54. The van der Waals surface area contributed by atoms with E-state index in [-0.39, 0.29) is 69.6 Å². The molecule has 3 aromatic rings. The molecule has 51 heavy (non-hydrogen) atoms. The van der Waals surface area contributed by atoms with Gasteiger partial charge in [-0.3, -0.25) is 19.2 Å². The number of benzene rings is 1. The van der Waals surface area contributed by atoms with Gasteiger partial charge >= 0.3 is 12.2 Å². The van der Waals surface area contributed by atoms with Crippen molar-refractivity contribution in [2.75, 3.05) is 57.7 Å². The number of nitrogens with one attached hydrogen (secondary N) is 3. The molecule has 19 heteroatoms. The number of amides is 4. The number of likely N-dealkylation sites (tertiary alicyclic amines) is 1. The first-order chi connectivity index (χ1) is 24.2.